The normalized spacial score (nSPS) is 10.8. The van der Waals surface area contributed by atoms with E-state index in [0.717, 1.165) is 22.0 Å². The van der Waals surface area contributed by atoms with Crippen LogP contribution in [-0.4, -0.2) is 15.0 Å². The number of hydrogen-bond donors (Lipinski definition) is 0. The number of aromatic nitrogens is 3. The largest absolute Gasteiger partial charge is 0.238 e. The summed E-state index contributed by atoms with van der Waals surface area (Å²) in [5, 5.41) is 3.30. The van der Waals surface area contributed by atoms with Crippen molar-refractivity contribution in [2.24, 2.45) is 0 Å². The Kier molecular flexibility index (Phi) is 3.83. The van der Waals surface area contributed by atoms with Crippen LogP contribution in [0.15, 0.2) is 40.2 Å². The maximum absolute atomic E-state index is 6.20. The molecule has 0 spiro atoms. The smallest absolute Gasteiger partial charge is 0.181 e. The molecule has 2 aromatic heterocycles. The lowest BCUT2D eigenvalue weighted by Gasteiger charge is -2.07. The van der Waals surface area contributed by atoms with Crippen molar-refractivity contribution in [2.75, 3.05) is 0 Å². The van der Waals surface area contributed by atoms with Gasteiger partial charge in [-0.15, -0.1) is 11.3 Å². The predicted octanol–water partition coefficient (Wildman–Crippen LogP) is 4.99. The van der Waals surface area contributed by atoms with Gasteiger partial charge in [-0.25, -0.2) is 15.0 Å². The van der Waals surface area contributed by atoms with Gasteiger partial charge in [0, 0.05) is 10.9 Å². The minimum Gasteiger partial charge on any atom is -0.238 e. The van der Waals surface area contributed by atoms with Crippen LogP contribution in [-0.2, 0) is 0 Å². The average Bonchev–Trinajstić information content (AvgIpc) is 2.89. The minimum atomic E-state index is 0.388. The molecule has 0 aliphatic carbocycles. The lowest BCUT2D eigenvalue weighted by atomic mass is 10.1. The molecule has 100 valence electrons. The third-order valence-electron chi connectivity index (χ3n) is 2.71. The van der Waals surface area contributed by atoms with Gasteiger partial charge in [0.25, 0.3) is 0 Å². The molecule has 3 aromatic rings. The van der Waals surface area contributed by atoms with E-state index in [9.17, 15) is 0 Å². The second-order valence-corrected chi connectivity index (χ2v) is 6.33. The highest BCUT2D eigenvalue weighted by molar-refractivity contribution is 9.10. The highest BCUT2D eigenvalue weighted by Gasteiger charge is 2.15. The van der Waals surface area contributed by atoms with Gasteiger partial charge in [-0.2, -0.15) is 0 Å². The Morgan fingerprint density at radius 3 is 2.50 bits per heavy atom. The highest BCUT2D eigenvalue weighted by Crippen LogP contribution is 2.33. The first-order chi connectivity index (χ1) is 9.65. The summed E-state index contributed by atoms with van der Waals surface area (Å²) in [5.74, 6) is 0.543. The number of halogens is 2. The third kappa shape index (κ3) is 2.61. The van der Waals surface area contributed by atoms with Gasteiger partial charge in [-0.1, -0.05) is 41.9 Å². The molecule has 0 aliphatic rings. The summed E-state index contributed by atoms with van der Waals surface area (Å²) < 4.78 is 0.695. The van der Waals surface area contributed by atoms with E-state index >= 15 is 0 Å². The Hall–Kier alpha value is -1.30. The molecule has 0 unspecified atom stereocenters. The van der Waals surface area contributed by atoms with Crippen LogP contribution in [0, 0.1) is 6.92 Å². The fourth-order valence-electron chi connectivity index (χ4n) is 1.79. The molecule has 1 aromatic carbocycles. The summed E-state index contributed by atoms with van der Waals surface area (Å²) in [4.78, 5) is 13.3. The van der Waals surface area contributed by atoms with Crippen molar-refractivity contribution in [3.05, 3.63) is 50.3 Å². The van der Waals surface area contributed by atoms with E-state index in [-0.39, 0.29) is 0 Å². The van der Waals surface area contributed by atoms with E-state index in [4.69, 9.17) is 11.6 Å². The lowest BCUT2D eigenvalue weighted by molar-refractivity contribution is 1.13. The zero-order chi connectivity index (χ0) is 14.1. The van der Waals surface area contributed by atoms with E-state index in [1.54, 1.807) is 11.3 Å². The lowest BCUT2D eigenvalue weighted by Crippen LogP contribution is -1.95. The maximum atomic E-state index is 6.20. The van der Waals surface area contributed by atoms with Gasteiger partial charge < -0.3 is 0 Å². The molecule has 0 saturated carbocycles. The molecule has 3 rings (SSSR count). The van der Waals surface area contributed by atoms with E-state index < -0.39 is 0 Å². The van der Waals surface area contributed by atoms with Crippen LogP contribution in [0.3, 0.4) is 0 Å². The van der Waals surface area contributed by atoms with Gasteiger partial charge in [-0.3, -0.25) is 0 Å². The number of rotatable bonds is 2. The Morgan fingerprint density at radius 1 is 1.10 bits per heavy atom. The molecule has 0 aliphatic heterocycles. The number of nitrogens with zero attached hydrogens (tertiary/aromatic N) is 3. The molecule has 0 saturated heterocycles. The molecule has 0 N–H and O–H groups in total. The molecule has 0 amide bonds. The van der Waals surface area contributed by atoms with Crippen LogP contribution in [0.4, 0.5) is 0 Å². The monoisotopic (exact) mass is 365 g/mol. The quantitative estimate of drug-likeness (QED) is 0.600. The van der Waals surface area contributed by atoms with Crippen LogP contribution in [0.1, 0.15) is 5.01 Å². The molecule has 20 heavy (non-hydrogen) atoms. The fraction of sp³-hybridized carbons (Fsp3) is 0.0714. The molecule has 6 heteroatoms. The second-order valence-electron chi connectivity index (χ2n) is 4.12. The van der Waals surface area contributed by atoms with Crippen molar-refractivity contribution in [3.63, 3.8) is 0 Å². The maximum Gasteiger partial charge on any atom is 0.181 e. The average molecular weight is 367 g/mol. The SMILES string of the molecule is Cc1nc(-c2nc(Cl)c(Br)c(-c3ccccc3)n2)cs1. The van der Waals surface area contributed by atoms with Crippen LogP contribution in [0.25, 0.3) is 22.8 Å². The number of aryl methyl sites for hydroxylation is 1. The van der Waals surface area contributed by atoms with Crippen molar-refractivity contribution in [1.82, 2.24) is 15.0 Å². The standard InChI is InChI=1S/C14H9BrClN3S/c1-8-17-10(7-20-8)14-18-12(11(15)13(16)19-14)9-5-3-2-4-6-9/h2-7H,1H3. The Bertz CT molecular complexity index is 758. The summed E-state index contributed by atoms with van der Waals surface area (Å²) in [6.07, 6.45) is 0. The first-order valence-electron chi connectivity index (χ1n) is 5.86. The second kappa shape index (κ2) is 5.60. The predicted molar refractivity (Wildman–Crippen MR) is 86.0 cm³/mol. The third-order valence-corrected chi connectivity index (χ3v) is 4.73. The van der Waals surface area contributed by atoms with Crippen LogP contribution < -0.4 is 0 Å². The first-order valence-corrected chi connectivity index (χ1v) is 7.91. The number of thiazole rings is 1. The van der Waals surface area contributed by atoms with Crippen LogP contribution in [0.5, 0.6) is 0 Å². The van der Waals surface area contributed by atoms with Crippen molar-refractivity contribution >= 4 is 38.9 Å². The Labute approximate surface area is 133 Å². The summed E-state index contributed by atoms with van der Waals surface area (Å²) in [6, 6.07) is 9.86. The van der Waals surface area contributed by atoms with Gasteiger partial charge >= 0.3 is 0 Å². The van der Waals surface area contributed by atoms with Gasteiger partial charge in [0.1, 0.15) is 10.8 Å². The molecule has 0 radical (unpaired) electrons. The van der Waals surface area contributed by atoms with Crippen molar-refractivity contribution in [3.8, 4) is 22.8 Å². The van der Waals surface area contributed by atoms with Crippen molar-refractivity contribution in [1.29, 1.82) is 0 Å². The molecule has 3 nitrogen and oxygen atoms in total. The van der Waals surface area contributed by atoms with Crippen molar-refractivity contribution < 1.29 is 0 Å². The number of benzene rings is 1. The molecule has 0 atom stereocenters. The molecular formula is C14H9BrClN3S. The van der Waals surface area contributed by atoms with Gasteiger partial charge in [0.15, 0.2) is 5.82 Å². The van der Waals surface area contributed by atoms with Gasteiger partial charge in [0.05, 0.1) is 15.2 Å². The van der Waals surface area contributed by atoms with Crippen LogP contribution >= 0.6 is 38.9 Å². The van der Waals surface area contributed by atoms with E-state index in [2.05, 4.69) is 30.9 Å². The van der Waals surface area contributed by atoms with E-state index in [0.29, 0.717) is 15.5 Å². The molecule has 0 bridgehead atoms. The molecule has 2 heterocycles. The van der Waals surface area contributed by atoms with E-state index in [1.807, 2.05) is 42.6 Å². The molecular weight excluding hydrogens is 358 g/mol. The van der Waals surface area contributed by atoms with E-state index in [1.165, 1.54) is 0 Å². The van der Waals surface area contributed by atoms with Gasteiger partial charge in [-0.05, 0) is 22.9 Å². The zero-order valence-electron chi connectivity index (χ0n) is 10.5. The van der Waals surface area contributed by atoms with Gasteiger partial charge in [0.2, 0.25) is 0 Å². The summed E-state index contributed by atoms with van der Waals surface area (Å²) in [7, 11) is 0. The topological polar surface area (TPSA) is 38.7 Å². The highest BCUT2D eigenvalue weighted by atomic mass is 79.9. The zero-order valence-corrected chi connectivity index (χ0v) is 13.6. The summed E-state index contributed by atoms with van der Waals surface area (Å²) >= 11 is 11.2. The summed E-state index contributed by atoms with van der Waals surface area (Å²) in [6.45, 7) is 1.95. The van der Waals surface area contributed by atoms with Crippen molar-refractivity contribution in [2.45, 2.75) is 6.92 Å². The number of hydrogen-bond acceptors (Lipinski definition) is 4. The van der Waals surface area contributed by atoms with Crippen LogP contribution in [0.2, 0.25) is 5.15 Å². The fourth-order valence-corrected chi connectivity index (χ4v) is 2.95. The minimum absolute atomic E-state index is 0.388. The Balaban J connectivity index is 2.18. The Morgan fingerprint density at radius 2 is 1.85 bits per heavy atom. The first kappa shape index (κ1) is 13.7. The molecule has 0 fully saturated rings. The summed E-state index contributed by atoms with van der Waals surface area (Å²) in [5.41, 5.74) is 2.50.